The molecule has 3 aliphatic rings. The standard InChI is InChI=1S/C15H14N2O2/c18-13-7-6-12-14-10-4-1-2-5-11(10)15(19)17(14)9-3-8-16(12)13/h1-2,4-5H,3,6-9H2. The number of benzene rings is 1. The predicted octanol–water partition coefficient (Wildman–Crippen LogP) is 1.84. The smallest absolute Gasteiger partial charge is 0.259 e. The van der Waals surface area contributed by atoms with Crippen molar-refractivity contribution in [3.05, 3.63) is 41.1 Å². The fourth-order valence-electron chi connectivity index (χ4n) is 3.33. The molecule has 0 aliphatic carbocycles. The maximum atomic E-state index is 12.4. The summed E-state index contributed by atoms with van der Waals surface area (Å²) >= 11 is 0. The molecule has 0 spiro atoms. The Bertz CT molecular complexity index is 633. The maximum Gasteiger partial charge on any atom is 0.259 e. The molecular weight excluding hydrogens is 240 g/mol. The van der Waals surface area contributed by atoms with Crippen LogP contribution in [-0.2, 0) is 4.79 Å². The summed E-state index contributed by atoms with van der Waals surface area (Å²) in [5, 5.41) is 0. The van der Waals surface area contributed by atoms with Crippen LogP contribution in [0.4, 0.5) is 0 Å². The number of hydrogen-bond acceptors (Lipinski definition) is 2. The Hall–Kier alpha value is -2.10. The molecule has 4 rings (SSSR count). The van der Waals surface area contributed by atoms with Crippen LogP contribution in [0.15, 0.2) is 30.0 Å². The van der Waals surface area contributed by atoms with Crippen LogP contribution >= 0.6 is 0 Å². The minimum Gasteiger partial charge on any atom is -0.314 e. The van der Waals surface area contributed by atoms with Crippen molar-refractivity contribution < 1.29 is 9.59 Å². The number of allylic oxidation sites excluding steroid dienone is 1. The van der Waals surface area contributed by atoms with Gasteiger partial charge in [0.05, 0.1) is 5.70 Å². The van der Waals surface area contributed by atoms with E-state index in [4.69, 9.17) is 0 Å². The molecule has 0 saturated carbocycles. The Balaban J connectivity index is 1.98. The van der Waals surface area contributed by atoms with Crippen LogP contribution in [0.25, 0.3) is 5.70 Å². The molecule has 0 aromatic heterocycles. The minimum absolute atomic E-state index is 0.0827. The van der Waals surface area contributed by atoms with E-state index in [-0.39, 0.29) is 11.8 Å². The van der Waals surface area contributed by atoms with Crippen LogP contribution in [0, 0.1) is 0 Å². The molecule has 19 heavy (non-hydrogen) atoms. The first-order valence-electron chi connectivity index (χ1n) is 6.72. The lowest BCUT2D eigenvalue weighted by atomic mass is 10.1. The molecule has 0 N–H and O–H groups in total. The number of hydrogen-bond donors (Lipinski definition) is 0. The highest BCUT2D eigenvalue weighted by atomic mass is 16.2. The van der Waals surface area contributed by atoms with Gasteiger partial charge in [-0.3, -0.25) is 9.59 Å². The number of fused-ring (bicyclic) bond motifs is 4. The fourth-order valence-corrected chi connectivity index (χ4v) is 3.33. The van der Waals surface area contributed by atoms with Crippen molar-refractivity contribution in [1.29, 1.82) is 0 Å². The highest BCUT2D eigenvalue weighted by Crippen LogP contribution is 2.41. The number of nitrogens with zero attached hydrogens (tertiary/aromatic N) is 2. The molecule has 96 valence electrons. The molecule has 1 fully saturated rings. The number of carbonyl (C=O) groups is 2. The van der Waals surface area contributed by atoms with Gasteiger partial charge in [-0.05, 0) is 18.9 Å². The lowest BCUT2D eigenvalue weighted by Gasteiger charge is -2.19. The second kappa shape index (κ2) is 3.70. The van der Waals surface area contributed by atoms with Gasteiger partial charge >= 0.3 is 0 Å². The third kappa shape index (κ3) is 1.34. The Morgan fingerprint density at radius 3 is 2.47 bits per heavy atom. The van der Waals surface area contributed by atoms with Crippen LogP contribution in [0.1, 0.15) is 35.2 Å². The summed E-state index contributed by atoms with van der Waals surface area (Å²) in [5.74, 6) is 0.278. The molecule has 1 aromatic rings. The summed E-state index contributed by atoms with van der Waals surface area (Å²) in [5.41, 5.74) is 3.78. The van der Waals surface area contributed by atoms with E-state index in [1.54, 1.807) is 0 Å². The van der Waals surface area contributed by atoms with Crippen LogP contribution < -0.4 is 0 Å². The summed E-state index contributed by atoms with van der Waals surface area (Å²) in [4.78, 5) is 28.1. The van der Waals surface area contributed by atoms with Gasteiger partial charge in [-0.15, -0.1) is 0 Å². The molecular formula is C15H14N2O2. The van der Waals surface area contributed by atoms with Gasteiger partial charge in [-0.2, -0.15) is 0 Å². The zero-order valence-electron chi connectivity index (χ0n) is 10.6. The van der Waals surface area contributed by atoms with E-state index in [0.29, 0.717) is 13.0 Å². The normalized spacial score (nSPS) is 21.5. The summed E-state index contributed by atoms with van der Waals surface area (Å²) in [6.07, 6.45) is 2.17. The first-order valence-corrected chi connectivity index (χ1v) is 6.72. The monoisotopic (exact) mass is 254 g/mol. The van der Waals surface area contributed by atoms with Crippen molar-refractivity contribution >= 4 is 17.5 Å². The van der Waals surface area contributed by atoms with E-state index >= 15 is 0 Å². The van der Waals surface area contributed by atoms with E-state index in [1.807, 2.05) is 34.1 Å². The molecule has 0 radical (unpaired) electrons. The SMILES string of the molecule is O=C1CCC2=C3c4ccccc4C(=O)N3CCCN12. The fraction of sp³-hybridized carbons (Fsp3) is 0.333. The van der Waals surface area contributed by atoms with E-state index in [1.165, 1.54) is 0 Å². The molecule has 4 heteroatoms. The van der Waals surface area contributed by atoms with Crippen molar-refractivity contribution in [2.75, 3.05) is 13.1 Å². The summed E-state index contributed by atoms with van der Waals surface area (Å²) < 4.78 is 0. The zero-order chi connectivity index (χ0) is 13.0. The second-order valence-electron chi connectivity index (χ2n) is 5.20. The van der Waals surface area contributed by atoms with Crippen molar-refractivity contribution in [2.24, 2.45) is 0 Å². The highest BCUT2D eigenvalue weighted by Gasteiger charge is 2.40. The third-order valence-electron chi connectivity index (χ3n) is 4.17. The van der Waals surface area contributed by atoms with Gasteiger partial charge in [0.15, 0.2) is 0 Å². The van der Waals surface area contributed by atoms with Gasteiger partial charge in [-0.25, -0.2) is 0 Å². The summed E-state index contributed by atoms with van der Waals surface area (Å²) in [6.45, 7) is 1.44. The van der Waals surface area contributed by atoms with Crippen LogP contribution in [0.2, 0.25) is 0 Å². The molecule has 0 atom stereocenters. The highest BCUT2D eigenvalue weighted by molar-refractivity contribution is 6.10. The van der Waals surface area contributed by atoms with Gasteiger partial charge in [-0.1, -0.05) is 18.2 Å². The molecule has 1 aromatic carbocycles. The van der Waals surface area contributed by atoms with Crippen molar-refractivity contribution in [3.8, 4) is 0 Å². The van der Waals surface area contributed by atoms with Crippen LogP contribution in [-0.4, -0.2) is 34.7 Å². The quantitative estimate of drug-likeness (QED) is 0.708. The van der Waals surface area contributed by atoms with E-state index < -0.39 is 0 Å². The van der Waals surface area contributed by atoms with Crippen molar-refractivity contribution in [3.63, 3.8) is 0 Å². The topological polar surface area (TPSA) is 40.6 Å². The number of amides is 2. The van der Waals surface area contributed by atoms with Gasteiger partial charge in [0, 0.05) is 36.3 Å². The third-order valence-corrected chi connectivity index (χ3v) is 4.17. The Labute approximate surface area is 111 Å². The largest absolute Gasteiger partial charge is 0.314 e. The van der Waals surface area contributed by atoms with Gasteiger partial charge in [0.1, 0.15) is 0 Å². The maximum absolute atomic E-state index is 12.4. The number of carbonyl (C=O) groups excluding carboxylic acids is 2. The van der Waals surface area contributed by atoms with Crippen LogP contribution in [0.3, 0.4) is 0 Å². The van der Waals surface area contributed by atoms with Crippen LogP contribution in [0.5, 0.6) is 0 Å². The van der Waals surface area contributed by atoms with E-state index in [2.05, 4.69) is 0 Å². The molecule has 2 amide bonds. The molecule has 4 nitrogen and oxygen atoms in total. The van der Waals surface area contributed by atoms with Gasteiger partial charge in [0.25, 0.3) is 5.91 Å². The summed E-state index contributed by atoms with van der Waals surface area (Å²) in [6, 6.07) is 7.71. The molecule has 3 aliphatic heterocycles. The van der Waals surface area contributed by atoms with Crippen molar-refractivity contribution in [2.45, 2.75) is 19.3 Å². The Morgan fingerprint density at radius 2 is 1.63 bits per heavy atom. The molecule has 0 unspecified atom stereocenters. The Morgan fingerprint density at radius 1 is 0.895 bits per heavy atom. The molecule has 0 bridgehead atoms. The van der Waals surface area contributed by atoms with Gasteiger partial charge in [0.2, 0.25) is 5.91 Å². The van der Waals surface area contributed by atoms with E-state index in [0.717, 1.165) is 41.9 Å². The average Bonchev–Trinajstić information content (AvgIpc) is 2.83. The van der Waals surface area contributed by atoms with Gasteiger partial charge < -0.3 is 9.80 Å². The second-order valence-corrected chi connectivity index (χ2v) is 5.20. The first kappa shape index (κ1) is 10.8. The lowest BCUT2D eigenvalue weighted by Crippen LogP contribution is -2.24. The molecule has 1 saturated heterocycles. The Kier molecular flexibility index (Phi) is 2.10. The average molecular weight is 254 g/mol. The first-order chi connectivity index (χ1) is 9.27. The molecule has 3 heterocycles. The number of rotatable bonds is 0. The zero-order valence-corrected chi connectivity index (χ0v) is 10.6. The lowest BCUT2D eigenvalue weighted by molar-refractivity contribution is -0.126. The predicted molar refractivity (Wildman–Crippen MR) is 70.0 cm³/mol. The summed E-state index contributed by atoms with van der Waals surface area (Å²) in [7, 11) is 0. The van der Waals surface area contributed by atoms with E-state index in [9.17, 15) is 9.59 Å². The minimum atomic E-state index is 0.0827. The van der Waals surface area contributed by atoms with Crippen molar-refractivity contribution in [1.82, 2.24) is 9.80 Å².